The highest BCUT2D eigenvalue weighted by Crippen LogP contribution is 2.52. The molecule has 0 saturated heterocycles. The number of nitrogens with zero attached hydrogens (tertiary/aromatic N) is 1. The number of aliphatic hydroxyl groups is 2. The molecule has 2 fully saturated rings. The fourth-order valence-electron chi connectivity index (χ4n) is 6.37. The molecule has 1 aliphatic heterocycles. The number of fused-ring (bicyclic) bond motifs is 2. The smallest absolute Gasteiger partial charge is 0.395 e. The van der Waals surface area contributed by atoms with Gasteiger partial charge in [0.1, 0.15) is 0 Å². The first-order valence-electron chi connectivity index (χ1n) is 13.8. The first-order chi connectivity index (χ1) is 18.6. The molecule has 6 rings (SSSR count). The third-order valence-electron chi connectivity index (χ3n) is 9.08. The summed E-state index contributed by atoms with van der Waals surface area (Å²) in [4.78, 5) is 13.5. The molecule has 3 atom stereocenters. The summed E-state index contributed by atoms with van der Waals surface area (Å²) >= 11 is 0. The number of benzene rings is 2. The van der Waals surface area contributed by atoms with E-state index in [1.807, 2.05) is 32.0 Å². The van der Waals surface area contributed by atoms with Crippen LogP contribution in [0.5, 0.6) is 11.5 Å². The van der Waals surface area contributed by atoms with Crippen LogP contribution >= 0.6 is 0 Å². The number of carbonyl (C=O) groups is 1. The van der Waals surface area contributed by atoms with Crippen molar-refractivity contribution in [2.24, 2.45) is 11.3 Å². The van der Waals surface area contributed by atoms with Crippen molar-refractivity contribution in [2.75, 3.05) is 5.32 Å². The first kappa shape index (κ1) is 27.0. The Morgan fingerprint density at radius 1 is 1.05 bits per heavy atom. The van der Waals surface area contributed by atoms with E-state index in [1.54, 1.807) is 6.07 Å². The van der Waals surface area contributed by atoms with Crippen molar-refractivity contribution in [1.82, 2.24) is 4.57 Å². The molecular weight excluding hydrogens is 518 g/mol. The van der Waals surface area contributed by atoms with E-state index in [2.05, 4.69) is 46.2 Å². The number of amides is 1. The van der Waals surface area contributed by atoms with Gasteiger partial charge in [-0.2, -0.15) is 0 Å². The second-order valence-corrected chi connectivity index (χ2v) is 13.3. The van der Waals surface area contributed by atoms with Crippen molar-refractivity contribution in [1.29, 1.82) is 0 Å². The maximum atomic E-state index is 13.5. The number of anilines is 1. The van der Waals surface area contributed by atoms with Crippen LogP contribution < -0.4 is 14.8 Å². The zero-order chi connectivity index (χ0) is 28.8. The summed E-state index contributed by atoms with van der Waals surface area (Å²) in [6.45, 7) is 10.8. The van der Waals surface area contributed by atoms with Crippen LogP contribution in [0.1, 0.15) is 65.1 Å². The molecule has 2 aliphatic carbocycles. The Balaban J connectivity index is 1.27. The Morgan fingerprint density at radius 3 is 2.38 bits per heavy atom. The normalized spacial score (nSPS) is 25.8. The summed E-state index contributed by atoms with van der Waals surface area (Å²) in [7, 11) is 0. The lowest BCUT2D eigenvalue weighted by atomic mass is 9.85. The van der Waals surface area contributed by atoms with Gasteiger partial charge in [-0.3, -0.25) is 4.79 Å². The summed E-state index contributed by atoms with van der Waals surface area (Å²) in [6.07, 6.45) is -3.15. The SMILES string of the molecule is CC(C)(C)c1cc2cc(NC(=O)C3(c4ccc5c(c4)OC(F)(F)O5)CC3)ccc2n1C[C@H]1C[C@@H](O)C(C)(C)[C@@H]1O. The number of aliphatic hydroxyl groups excluding tert-OH is 2. The topological polar surface area (TPSA) is 93.0 Å². The molecule has 3 aliphatic rings. The van der Waals surface area contributed by atoms with Gasteiger partial charge < -0.3 is 29.6 Å². The number of rotatable bonds is 5. The molecule has 40 heavy (non-hydrogen) atoms. The van der Waals surface area contributed by atoms with Gasteiger partial charge in [0.2, 0.25) is 5.91 Å². The Morgan fingerprint density at radius 2 is 1.75 bits per heavy atom. The zero-order valence-electron chi connectivity index (χ0n) is 23.4. The van der Waals surface area contributed by atoms with Crippen LogP contribution in [0.25, 0.3) is 10.9 Å². The number of aromatic nitrogens is 1. The molecule has 0 unspecified atom stereocenters. The summed E-state index contributed by atoms with van der Waals surface area (Å²) in [5, 5.41) is 25.5. The van der Waals surface area contributed by atoms with Gasteiger partial charge in [0.15, 0.2) is 11.5 Å². The van der Waals surface area contributed by atoms with Crippen molar-refractivity contribution in [3.8, 4) is 11.5 Å². The molecule has 2 aromatic carbocycles. The van der Waals surface area contributed by atoms with E-state index in [0.29, 0.717) is 37.1 Å². The van der Waals surface area contributed by atoms with Gasteiger partial charge in [0.25, 0.3) is 0 Å². The Kier molecular flexibility index (Phi) is 5.85. The van der Waals surface area contributed by atoms with Crippen molar-refractivity contribution in [3.05, 3.63) is 53.7 Å². The van der Waals surface area contributed by atoms with E-state index in [9.17, 15) is 23.8 Å². The number of hydrogen-bond donors (Lipinski definition) is 3. The molecule has 3 aromatic rings. The highest BCUT2D eigenvalue weighted by atomic mass is 19.3. The Hall–Kier alpha value is -3.17. The van der Waals surface area contributed by atoms with Crippen LogP contribution in [-0.4, -0.2) is 39.2 Å². The lowest BCUT2D eigenvalue weighted by molar-refractivity contribution is -0.286. The van der Waals surface area contributed by atoms with Crippen LogP contribution in [0.15, 0.2) is 42.5 Å². The zero-order valence-corrected chi connectivity index (χ0v) is 23.4. The van der Waals surface area contributed by atoms with Crippen LogP contribution in [-0.2, 0) is 22.2 Å². The molecule has 7 nitrogen and oxygen atoms in total. The second kappa shape index (κ2) is 8.66. The minimum Gasteiger partial charge on any atom is -0.395 e. The van der Waals surface area contributed by atoms with Gasteiger partial charge in [-0.1, -0.05) is 40.7 Å². The number of carbonyl (C=O) groups excluding carboxylic acids is 1. The maximum absolute atomic E-state index is 13.5. The standard InChI is InChI=1S/C31H36F2N2O5/c1-28(2,3)24-13-17-12-20(7-8-21(17)35(24)16-18-14-25(36)29(4,5)26(18)37)34-27(38)30(10-11-30)19-6-9-22-23(15-19)40-31(32,33)39-22/h6-9,12-13,15,18,25-26,36-37H,10-11,14,16H2,1-5H3,(H,34,38)/t18-,25-,26-/m1/s1. The molecule has 1 amide bonds. The van der Waals surface area contributed by atoms with E-state index in [1.165, 1.54) is 12.1 Å². The molecule has 9 heteroatoms. The molecule has 2 heterocycles. The average Bonchev–Trinajstić information content (AvgIpc) is 3.45. The maximum Gasteiger partial charge on any atom is 0.586 e. The monoisotopic (exact) mass is 554 g/mol. The number of ether oxygens (including phenoxy) is 2. The molecule has 0 spiro atoms. The van der Waals surface area contributed by atoms with Crippen LogP contribution in [0, 0.1) is 11.3 Å². The number of alkyl halides is 2. The third kappa shape index (κ3) is 4.34. The minimum absolute atomic E-state index is 0.0437. The van der Waals surface area contributed by atoms with E-state index in [0.717, 1.165) is 16.6 Å². The predicted octanol–water partition coefficient (Wildman–Crippen LogP) is 5.70. The summed E-state index contributed by atoms with van der Waals surface area (Å²) in [5.74, 6) is -0.393. The van der Waals surface area contributed by atoms with E-state index < -0.39 is 29.3 Å². The van der Waals surface area contributed by atoms with Crippen molar-refractivity contribution >= 4 is 22.5 Å². The molecule has 0 bridgehead atoms. The quantitative estimate of drug-likeness (QED) is 0.376. The minimum atomic E-state index is -3.70. The number of nitrogens with one attached hydrogen (secondary N) is 1. The van der Waals surface area contributed by atoms with Crippen LogP contribution in [0.3, 0.4) is 0 Å². The van der Waals surface area contributed by atoms with Crippen molar-refractivity contribution in [2.45, 2.75) is 89.8 Å². The summed E-state index contributed by atoms with van der Waals surface area (Å²) < 4.78 is 38.3. The summed E-state index contributed by atoms with van der Waals surface area (Å²) in [6, 6.07) is 12.4. The Labute approximate surface area is 232 Å². The second-order valence-electron chi connectivity index (χ2n) is 13.3. The summed E-state index contributed by atoms with van der Waals surface area (Å²) in [5.41, 5.74) is 1.82. The van der Waals surface area contributed by atoms with E-state index in [-0.39, 0.29) is 28.7 Å². The molecule has 2 saturated carbocycles. The largest absolute Gasteiger partial charge is 0.586 e. The van der Waals surface area contributed by atoms with Crippen LogP contribution in [0.2, 0.25) is 0 Å². The highest BCUT2D eigenvalue weighted by molar-refractivity contribution is 6.02. The van der Waals surface area contributed by atoms with Gasteiger partial charge in [0, 0.05) is 45.6 Å². The fraction of sp³-hybridized carbons (Fsp3) is 0.516. The Bertz CT molecular complexity index is 1500. The molecule has 1 aromatic heterocycles. The molecule has 214 valence electrons. The number of hydrogen-bond acceptors (Lipinski definition) is 5. The van der Waals surface area contributed by atoms with Gasteiger partial charge in [-0.25, -0.2) is 0 Å². The molecule has 0 radical (unpaired) electrons. The van der Waals surface area contributed by atoms with Crippen molar-refractivity contribution in [3.63, 3.8) is 0 Å². The van der Waals surface area contributed by atoms with Gasteiger partial charge >= 0.3 is 6.29 Å². The first-order valence-corrected chi connectivity index (χ1v) is 13.8. The van der Waals surface area contributed by atoms with E-state index >= 15 is 0 Å². The number of halogens is 2. The van der Waals surface area contributed by atoms with Gasteiger partial charge in [-0.05, 0) is 61.2 Å². The average molecular weight is 555 g/mol. The molecular formula is C31H36F2N2O5. The van der Waals surface area contributed by atoms with Crippen LogP contribution in [0.4, 0.5) is 14.5 Å². The molecule has 3 N–H and O–H groups in total. The van der Waals surface area contributed by atoms with Gasteiger partial charge in [-0.15, -0.1) is 8.78 Å². The fourth-order valence-corrected chi connectivity index (χ4v) is 6.37. The highest BCUT2D eigenvalue weighted by Gasteiger charge is 2.53. The van der Waals surface area contributed by atoms with E-state index in [4.69, 9.17) is 0 Å². The van der Waals surface area contributed by atoms with Gasteiger partial charge in [0.05, 0.1) is 17.6 Å². The lowest BCUT2D eigenvalue weighted by Gasteiger charge is -2.29. The lowest BCUT2D eigenvalue weighted by Crippen LogP contribution is -2.35. The van der Waals surface area contributed by atoms with Crippen molar-refractivity contribution < 1.29 is 33.3 Å². The third-order valence-corrected chi connectivity index (χ3v) is 9.08. The predicted molar refractivity (Wildman–Crippen MR) is 147 cm³/mol.